The van der Waals surface area contributed by atoms with Crippen molar-refractivity contribution in [2.75, 3.05) is 7.11 Å². The lowest BCUT2D eigenvalue weighted by atomic mass is 9.90. The number of furan rings is 1. The molecule has 0 amide bonds. The molecule has 2 aromatic rings. The molecular weight excluding hydrogens is 250 g/mol. The maximum absolute atomic E-state index is 5.93. The summed E-state index contributed by atoms with van der Waals surface area (Å²) >= 11 is 0. The van der Waals surface area contributed by atoms with Crippen molar-refractivity contribution in [2.45, 2.75) is 52.1 Å². The van der Waals surface area contributed by atoms with Crippen LogP contribution in [0.1, 0.15) is 45.8 Å². The van der Waals surface area contributed by atoms with Crippen LogP contribution < -0.4 is 10.1 Å². The molecule has 1 aromatic carbocycles. The first-order valence-corrected chi connectivity index (χ1v) is 7.48. The minimum absolute atomic E-state index is 0.211. The molecule has 0 atom stereocenters. The van der Waals surface area contributed by atoms with Gasteiger partial charge in [0.2, 0.25) is 0 Å². The number of para-hydroxylation sites is 1. The van der Waals surface area contributed by atoms with Gasteiger partial charge in [-0.05, 0) is 31.4 Å². The molecule has 0 saturated carbocycles. The summed E-state index contributed by atoms with van der Waals surface area (Å²) in [6, 6.07) is 8.06. The Morgan fingerprint density at radius 3 is 2.45 bits per heavy atom. The fraction of sp³-hybridized carbons (Fsp3) is 0.529. The van der Waals surface area contributed by atoms with Gasteiger partial charge in [0.1, 0.15) is 5.76 Å². The molecule has 1 aromatic heterocycles. The van der Waals surface area contributed by atoms with E-state index in [4.69, 9.17) is 9.15 Å². The van der Waals surface area contributed by atoms with Gasteiger partial charge in [-0.25, -0.2) is 0 Å². The Balaban J connectivity index is 2.18. The Morgan fingerprint density at radius 1 is 1.15 bits per heavy atom. The maximum Gasteiger partial charge on any atom is 0.176 e. The van der Waals surface area contributed by atoms with Gasteiger partial charge >= 0.3 is 0 Å². The topological polar surface area (TPSA) is 34.4 Å². The highest BCUT2D eigenvalue weighted by Crippen LogP contribution is 2.29. The smallest absolute Gasteiger partial charge is 0.176 e. The van der Waals surface area contributed by atoms with Crippen molar-refractivity contribution in [3.63, 3.8) is 0 Å². The summed E-state index contributed by atoms with van der Waals surface area (Å²) in [5.41, 5.74) is 1.05. The molecule has 0 aliphatic carbocycles. The number of benzene rings is 1. The Bertz CT molecular complexity index is 547. The number of hydrogen-bond donors (Lipinski definition) is 1. The van der Waals surface area contributed by atoms with Crippen LogP contribution in [0.5, 0.6) is 5.75 Å². The van der Waals surface area contributed by atoms with Gasteiger partial charge in [0.15, 0.2) is 11.3 Å². The minimum atomic E-state index is 0.211. The first kappa shape index (κ1) is 14.9. The Hall–Kier alpha value is -1.48. The number of ether oxygens (including phenoxy) is 1. The van der Waals surface area contributed by atoms with Crippen molar-refractivity contribution in [3.05, 3.63) is 30.0 Å². The number of rotatable bonds is 7. The largest absolute Gasteiger partial charge is 0.493 e. The number of fused-ring (bicyclic) bond motifs is 1. The van der Waals surface area contributed by atoms with E-state index in [1.807, 2.05) is 12.1 Å². The van der Waals surface area contributed by atoms with E-state index in [9.17, 15) is 0 Å². The van der Waals surface area contributed by atoms with E-state index in [-0.39, 0.29) is 5.54 Å². The van der Waals surface area contributed by atoms with E-state index in [0.29, 0.717) is 0 Å². The van der Waals surface area contributed by atoms with Crippen molar-refractivity contribution in [3.8, 4) is 5.75 Å². The normalized spacial score (nSPS) is 12.0. The van der Waals surface area contributed by atoms with Crippen molar-refractivity contribution in [1.82, 2.24) is 5.32 Å². The van der Waals surface area contributed by atoms with Crippen LogP contribution in [0.15, 0.2) is 28.7 Å². The SMILES string of the molecule is CCC(CC)(CC)NCc1cc2cccc(OC)c2o1. The third kappa shape index (κ3) is 2.83. The fourth-order valence-corrected chi connectivity index (χ4v) is 2.74. The molecular formula is C17H25NO2. The van der Waals surface area contributed by atoms with Crippen LogP contribution in [0, 0.1) is 0 Å². The lowest BCUT2D eigenvalue weighted by Gasteiger charge is -2.31. The van der Waals surface area contributed by atoms with E-state index in [0.717, 1.165) is 48.3 Å². The second kappa shape index (κ2) is 6.31. The molecule has 110 valence electrons. The van der Waals surface area contributed by atoms with Gasteiger partial charge in [0.25, 0.3) is 0 Å². The van der Waals surface area contributed by atoms with E-state index in [2.05, 4.69) is 38.2 Å². The molecule has 0 spiro atoms. The van der Waals surface area contributed by atoms with E-state index >= 15 is 0 Å². The van der Waals surface area contributed by atoms with Gasteiger partial charge in [-0.1, -0.05) is 32.9 Å². The summed E-state index contributed by atoms with van der Waals surface area (Å²) in [4.78, 5) is 0. The van der Waals surface area contributed by atoms with Crippen molar-refractivity contribution >= 4 is 11.0 Å². The average molecular weight is 275 g/mol. The Morgan fingerprint density at radius 2 is 1.85 bits per heavy atom. The second-order valence-electron chi connectivity index (χ2n) is 5.29. The number of hydrogen-bond acceptors (Lipinski definition) is 3. The maximum atomic E-state index is 5.93. The molecule has 0 bridgehead atoms. The molecule has 3 nitrogen and oxygen atoms in total. The van der Waals surface area contributed by atoms with Crippen molar-refractivity contribution in [1.29, 1.82) is 0 Å². The first-order valence-electron chi connectivity index (χ1n) is 7.48. The van der Waals surface area contributed by atoms with Gasteiger partial charge in [-0.2, -0.15) is 0 Å². The van der Waals surface area contributed by atoms with Gasteiger partial charge in [0.05, 0.1) is 13.7 Å². The highest BCUT2D eigenvalue weighted by atomic mass is 16.5. The number of methoxy groups -OCH3 is 1. The summed E-state index contributed by atoms with van der Waals surface area (Å²) in [7, 11) is 1.67. The van der Waals surface area contributed by atoms with Crippen molar-refractivity contribution in [2.24, 2.45) is 0 Å². The molecule has 0 saturated heterocycles. The molecule has 0 fully saturated rings. The first-order chi connectivity index (χ1) is 9.68. The van der Waals surface area contributed by atoms with Crippen molar-refractivity contribution < 1.29 is 9.15 Å². The molecule has 0 radical (unpaired) electrons. The minimum Gasteiger partial charge on any atom is -0.493 e. The van der Waals surface area contributed by atoms with Crippen LogP contribution in [0.3, 0.4) is 0 Å². The van der Waals surface area contributed by atoms with Crippen LogP contribution in [-0.4, -0.2) is 12.6 Å². The second-order valence-corrected chi connectivity index (χ2v) is 5.29. The van der Waals surface area contributed by atoms with Crippen LogP contribution in [-0.2, 0) is 6.54 Å². The zero-order valence-electron chi connectivity index (χ0n) is 13.0. The average Bonchev–Trinajstić information content (AvgIpc) is 2.92. The highest BCUT2D eigenvalue weighted by Gasteiger charge is 2.23. The molecule has 0 aliphatic heterocycles. The third-order valence-electron chi connectivity index (χ3n) is 4.45. The summed E-state index contributed by atoms with van der Waals surface area (Å²) in [6.07, 6.45) is 3.39. The van der Waals surface area contributed by atoms with Crippen LogP contribution >= 0.6 is 0 Å². The number of nitrogens with one attached hydrogen (secondary N) is 1. The molecule has 1 heterocycles. The summed E-state index contributed by atoms with van der Waals surface area (Å²) in [5.74, 6) is 1.76. The monoisotopic (exact) mass is 275 g/mol. The third-order valence-corrected chi connectivity index (χ3v) is 4.45. The lowest BCUT2D eigenvalue weighted by molar-refractivity contribution is 0.278. The highest BCUT2D eigenvalue weighted by molar-refractivity contribution is 5.83. The fourth-order valence-electron chi connectivity index (χ4n) is 2.74. The van der Waals surface area contributed by atoms with Gasteiger partial charge in [-0.3, -0.25) is 0 Å². The van der Waals surface area contributed by atoms with E-state index < -0.39 is 0 Å². The van der Waals surface area contributed by atoms with Crippen LogP contribution in [0.25, 0.3) is 11.0 Å². The van der Waals surface area contributed by atoms with Crippen LogP contribution in [0.2, 0.25) is 0 Å². The van der Waals surface area contributed by atoms with Gasteiger partial charge in [0, 0.05) is 10.9 Å². The van der Waals surface area contributed by atoms with E-state index in [1.165, 1.54) is 0 Å². The summed E-state index contributed by atoms with van der Waals surface area (Å²) < 4.78 is 11.3. The predicted molar refractivity (Wildman–Crippen MR) is 83.2 cm³/mol. The molecule has 0 unspecified atom stereocenters. The zero-order valence-corrected chi connectivity index (χ0v) is 13.0. The van der Waals surface area contributed by atoms with Gasteiger partial charge in [-0.15, -0.1) is 0 Å². The zero-order chi connectivity index (χ0) is 14.6. The molecule has 2 rings (SSSR count). The quantitative estimate of drug-likeness (QED) is 0.808. The Labute approximate surface area is 121 Å². The summed E-state index contributed by atoms with van der Waals surface area (Å²) in [6.45, 7) is 7.47. The lowest BCUT2D eigenvalue weighted by Crippen LogP contribution is -2.42. The summed E-state index contributed by atoms with van der Waals surface area (Å²) in [5, 5.41) is 4.76. The molecule has 20 heavy (non-hydrogen) atoms. The Kier molecular flexibility index (Phi) is 4.71. The van der Waals surface area contributed by atoms with E-state index in [1.54, 1.807) is 7.11 Å². The predicted octanol–water partition coefficient (Wildman–Crippen LogP) is 4.50. The van der Waals surface area contributed by atoms with Gasteiger partial charge < -0.3 is 14.5 Å². The molecule has 1 N–H and O–H groups in total. The molecule has 0 aliphatic rings. The molecule has 3 heteroatoms. The van der Waals surface area contributed by atoms with Crippen LogP contribution in [0.4, 0.5) is 0 Å². The standard InChI is InChI=1S/C17H25NO2/c1-5-17(6-2,7-3)18-12-14-11-13-9-8-10-15(19-4)16(13)20-14/h8-11,18H,5-7,12H2,1-4H3.